The number of esters is 1. The van der Waals surface area contributed by atoms with E-state index in [2.05, 4.69) is 6.58 Å². The van der Waals surface area contributed by atoms with E-state index in [0.717, 1.165) is 12.8 Å². The van der Waals surface area contributed by atoms with Crippen molar-refractivity contribution in [2.75, 3.05) is 13.2 Å². The summed E-state index contributed by atoms with van der Waals surface area (Å²) >= 11 is 0. The highest BCUT2D eigenvalue weighted by atomic mass is 16.7. The predicted molar refractivity (Wildman–Crippen MR) is 55.3 cm³/mol. The first-order valence-electron chi connectivity index (χ1n) is 5.19. The number of hydrogen-bond acceptors (Lipinski definition) is 4. The molecule has 2 unspecified atom stereocenters. The van der Waals surface area contributed by atoms with Gasteiger partial charge in [0.2, 0.25) is 6.29 Å². The van der Waals surface area contributed by atoms with Crippen molar-refractivity contribution < 1.29 is 19.0 Å². The number of carbonyl (C=O) groups is 1. The quantitative estimate of drug-likeness (QED) is 0.518. The molecule has 15 heavy (non-hydrogen) atoms. The number of rotatable bonds is 2. The molecule has 0 aromatic rings. The van der Waals surface area contributed by atoms with Crippen LogP contribution in [0.25, 0.3) is 0 Å². The standard InChI is InChI=1S/C11H18O4/c1-8(2)11(12)15-10-7-14-9(3)5-4-6-13-10/h9-10H,1,4-7H2,2-3H3. The van der Waals surface area contributed by atoms with Gasteiger partial charge in [-0.25, -0.2) is 4.79 Å². The normalized spacial score (nSPS) is 27.6. The van der Waals surface area contributed by atoms with Crippen molar-refractivity contribution >= 4 is 5.97 Å². The molecule has 1 saturated heterocycles. The maximum absolute atomic E-state index is 11.2. The van der Waals surface area contributed by atoms with Gasteiger partial charge in [0, 0.05) is 5.57 Å². The van der Waals surface area contributed by atoms with Gasteiger partial charge in [0.1, 0.15) is 6.61 Å². The van der Waals surface area contributed by atoms with Crippen LogP contribution in [-0.2, 0) is 19.0 Å². The van der Waals surface area contributed by atoms with Crippen molar-refractivity contribution in [3.63, 3.8) is 0 Å². The lowest BCUT2D eigenvalue weighted by Gasteiger charge is -2.24. The molecule has 0 saturated carbocycles. The van der Waals surface area contributed by atoms with Gasteiger partial charge in [0.25, 0.3) is 0 Å². The van der Waals surface area contributed by atoms with E-state index in [1.807, 2.05) is 6.92 Å². The molecular formula is C11H18O4. The molecule has 2 atom stereocenters. The van der Waals surface area contributed by atoms with Gasteiger partial charge in [-0.05, 0) is 26.7 Å². The summed E-state index contributed by atoms with van der Waals surface area (Å²) in [6, 6.07) is 0. The highest BCUT2D eigenvalue weighted by molar-refractivity contribution is 5.87. The fourth-order valence-electron chi connectivity index (χ4n) is 1.25. The molecule has 0 aromatic carbocycles. The summed E-state index contributed by atoms with van der Waals surface area (Å²) in [5.74, 6) is -0.433. The van der Waals surface area contributed by atoms with Gasteiger partial charge in [-0.15, -0.1) is 0 Å². The van der Waals surface area contributed by atoms with Crippen LogP contribution in [0.5, 0.6) is 0 Å². The highest BCUT2D eigenvalue weighted by Crippen LogP contribution is 2.10. The Kier molecular flexibility index (Phi) is 4.78. The molecule has 1 aliphatic rings. The second kappa shape index (κ2) is 5.88. The number of ether oxygens (including phenoxy) is 3. The molecule has 0 bridgehead atoms. The molecular weight excluding hydrogens is 196 g/mol. The molecule has 4 heteroatoms. The largest absolute Gasteiger partial charge is 0.430 e. The first-order chi connectivity index (χ1) is 7.09. The summed E-state index contributed by atoms with van der Waals surface area (Å²) in [5.41, 5.74) is 0.369. The minimum atomic E-state index is -0.600. The molecule has 86 valence electrons. The molecule has 0 aromatic heterocycles. The SMILES string of the molecule is C=C(C)C(=O)OC1COC(C)CCCO1. The van der Waals surface area contributed by atoms with Gasteiger partial charge in [-0.3, -0.25) is 0 Å². The van der Waals surface area contributed by atoms with Gasteiger partial charge >= 0.3 is 5.97 Å². The van der Waals surface area contributed by atoms with Crippen LogP contribution in [0.1, 0.15) is 26.7 Å². The summed E-state index contributed by atoms with van der Waals surface area (Å²) in [6.45, 7) is 8.01. The first kappa shape index (κ1) is 12.2. The zero-order valence-electron chi connectivity index (χ0n) is 9.32. The van der Waals surface area contributed by atoms with Crippen molar-refractivity contribution in [3.8, 4) is 0 Å². The summed E-state index contributed by atoms with van der Waals surface area (Å²) in [4.78, 5) is 11.2. The summed E-state index contributed by atoms with van der Waals surface area (Å²) < 4.78 is 15.8. The lowest BCUT2D eigenvalue weighted by molar-refractivity contribution is -0.197. The van der Waals surface area contributed by atoms with E-state index in [4.69, 9.17) is 14.2 Å². The molecule has 4 nitrogen and oxygen atoms in total. The van der Waals surface area contributed by atoms with Gasteiger partial charge in [0.05, 0.1) is 12.7 Å². The van der Waals surface area contributed by atoms with Crippen LogP contribution in [0.4, 0.5) is 0 Å². The van der Waals surface area contributed by atoms with Crippen LogP contribution >= 0.6 is 0 Å². The Morgan fingerprint density at radius 2 is 2.20 bits per heavy atom. The molecule has 0 N–H and O–H groups in total. The number of carbonyl (C=O) groups excluding carboxylic acids is 1. The third-order valence-corrected chi connectivity index (χ3v) is 2.16. The van der Waals surface area contributed by atoms with Crippen molar-refractivity contribution in [1.82, 2.24) is 0 Å². The molecule has 0 aliphatic carbocycles. The average Bonchev–Trinajstić information content (AvgIpc) is 2.16. The van der Waals surface area contributed by atoms with Crippen LogP contribution < -0.4 is 0 Å². The maximum atomic E-state index is 11.2. The smallest absolute Gasteiger partial charge is 0.335 e. The average molecular weight is 214 g/mol. The molecule has 0 radical (unpaired) electrons. The van der Waals surface area contributed by atoms with Crippen LogP contribution in [0.3, 0.4) is 0 Å². The Hall–Kier alpha value is -0.870. The monoisotopic (exact) mass is 214 g/mol. The molecule has 1 fully saturated rings. The van der Waals surface area contributed by atoms with Crippen LogP contribution in [0.2, 0.25) is 0 Å². The van der Waals surface area contributed by atoms with Crippen molar-refractivity contribution in [1.29, 1.82) is 0 Å². The van der Waals surface area contributed by atoms with Crippen molar-refractivity contribution in [3.05, 3.63) is 12.2 Å². The second-order valence-electron chi connectivity index (χ2n) is 3.77. The maximum Gasteiger partial charge on any atom is 0.335 e. The Bertz CT molecular complexity index is 237. The minimum Gasteiger partial charge on any atom is -0.430 e. The fraction of sp³-hybridized carbons (Fsp3) is 0.727. The third-order valence-electron chi connectivity index (χ3n) is 2.16. The van der Waals surface area contributed by atoms with Gasteiger partial charge < -0.3 is 14.2 Å². The van der Waals surface area contributed by atoms with E-state index < -0.39 is 12.3 Å². The molecule has 0 spiro atoms. The van der Waals surface area contributed by atoms with E-state index in [-0.39, 0.29) is 6.10 Å². The lowest BCUT2D eigenvalue weighted by Crippen LogP contribution is -2.31. The van der Waals surface area contributed by atoms with E-state index in [1.54, 1.807) is 6.92 Å². The molecule has 1 rings (SSSR count). The lowest BCUT2D eigenvalue weighted by atomic mass is 10.2. The topological polar surface area (TPSA) is 44.8 Å². The van der Waals surface area contributed by atoms with Crippen LogP contribution in [0.15, 0.2) is 12.2 Å². The summed E-state index contributed by atoms with van der Waals surface area (Å²) in [7, 11) is 0. The first-order valence-corrected chi connectivity index (χ1v) is 5.19. The Labute approximate surface area is 90.2 Å². The predicted octanol–water partition coefficient (Wildman–Crippen LogP) is 1.65. The summed E-state index contributed by atoms with van der Waals surface area (Å²) in [6.07, 6.45) is 1.49. The van der Waals surface area contributed by atoms with Crippen molar-refractivity contribution in [2.45, 2.75) is 39.1 Å². The zero-order chi connectivity index (χ0) is 11.3. The van der Waals surface area contributed by atoms with Gasteiger partial charge in [0.15, 0.2) is 0 Å². The van der Waals surface area contributed by atoms with Crippen LogP contribution in [-0.4, -0.2) is 31.6 Å². The van der Waals surface area contributed by atoms with Crippen LogP contribution in [0, 0.1) is 0 Å². The minimum absolute atomic E-state index is 0.194. The summed E-state index contributed by atoms with van der Waals surface area (Å²) in [5, 5.41) is 0. The Balaban J connectivity index is 2.39. The van der Waals surface area contributed by atoms with E-state index in [1.165, 1.54) is 0 Å². The molecule has 1 aliphatic heterocycles. The Morgan fingerprint density at radius 1 is 1.47 bits per heavy atom. The zero-order valence-corrected chi connectivity index (χ0v) is 9.32. The van der Waals surface area contributed by atoms with Gasteiger partial charge in [-0.1, -0.05) is 6.58 Å². The highest BCUT2D eigenvalue weighted by Gasteiger charge is 2.19. The van der Waals surface area contributed by atoms with E-state index >= 15 is 0 Å². The van der Waals surface area contributed by atoms with E-state index in [9.17, 15) is 4.79 Å². The third kappa shape index (κ3) is 4.44. The second-order valence-corrected chi connectivity index (χ2v) is 3.77. The molecule has 0 amide bonds. The van der Waals surface area contributed by atoms with E-state index in [0.29, 0.717) is 18.8 Å². The fourth-order valence-corrected chi connectivity index (χ4v) is 1.25. The number of hydrogen-bond donors (Lipinski definition) is 0. The van der Waals surface area contributed by atoms with Crippen molar-refractivity contribution in [2.24, 2.45) is 0 Å². The Morgan fingerprint density at radius 3 is 2.87 bits per heavy atom. The van der Waals surface area contributed by atoms with Gasteiger partial charge in [-0.2, -0.15) is 0 Å². The molecule has 1 heterocycles.